The van der Waals surface area contributed by atoms with Gasteiger partial charge in [0.25, 0.3) is 5.91 Å². The summed E-state index contributed by atoms with van der Waals surface area (Å²) in [6.45, 7) is 0. The number of aliphatic carboxylic acids is 1. The van der Waals surface area contributed by atoms with Crippen molar-refractivity contribution in [3.8, 4) is 0 Å². The fourth-order valence-electron chi connectivity index (χ4n) is 2.65. The fraction of sp³-hybridized carbons (Fsp3) is 0.190. The molecule has 1 aliphatic rings. The van der Waals surface area contributed by atoms with Crippen LogP contribution in [0.25, 0.3) is 6.08 Å². The van der Waals surface area contributed by atoms with E-state index < -0.39 is 5.97 Å². The van der Waals surface area contributed by atoms with Crippen molar-refractivity contribution in [3.05, 3.63) is 65.9 Å². The summed E-state index contributed by atoms with van der Waals surface area (Å²) >= 11 is 1.27. The number of carbonyl (C=O) groups excluding carboxylic acids is 1. The van der Waals surface area contributed by atoms with Gasteiger partial charge in [0.2, 0.25) is 0 Å². The van der Waals surface area contributed by atoms with Crippen molar-refractivity contribution in [2.45, 2.75) is 6.42 Å². The van der Waals surface area contributed by atoms with Gasteiger partial charge in [-0.05, 0) is 35.9 Å². The van der Waals surface area contributed by atoms with E-state index in [1.165, 1.54) is 16.7 Å². The molecule has 1 amide bonds. The Morgan fingerprint density at radius 3 is 2.43 bits per heavy atom. The van der Waals surface area contributed by atoms with Gasteiger partial charge in [-0.2, -0.15) is 0 Å². The van der Waals surface area contributed by atoms with Crippen LogP contribution in [-0.2, 0) is 9.59 Å². The van der Waals surface area contributed by atoms with Crippen molar-refractivity contribution in [2.24, 2.45) is 4.99 Å². The maximum atomic E-state index is 13.0. The molecule has 1 aliphatic heterocycles. The molecule has 0 spiro atoms. The molecule has 0 atom stereocenters. The lowest BCUT2D eigenvalue weighted by atomic mass is 10.1. The van der Waals surface area contributed by atoms with Crippen LogP contribution in [0.15, 0.2) is 65.3 Å². The van der Waals surface area contributed by atoms with E-state index in [9.17, 15) is 9.59 Å². The Bertz CT molecular complexity index is 922. The monoisotopic (exact) mass is 395 g/mol. The highest BCUT2D eigenvalue weighted by Crippen LogP contribution is 2.29. The van der Waals surface area contributed by atoms with Crippen LogP contribution >= 0.6 is 11.8 Å². The first-order chi connectivity index (χ1) is 13.5. The number of carbonyl (C=O) groups is 2. The minimum atomic E-state index is -0.875. The summed E-state index contributed by atoms with van der Waals surface area (Å²) in [7, 11) is 3.94. The first kappa shape index (κ1) is 19.7. The van der Waals surface area contributed by atoms with Gasteiger partial charge in [0.05, 0.1) is 12.1 Å². The molecule has 0 aliphatic carbocycles. The second-order valence-electron chi connectivity index (χ2n) is 6.38. The quantitative estimate of drug-likeness (QED) is 0.755. The van der Waals surface area contributed by atoms with E-state index in [0.717, 1.165) is 11.3 Å². The number of aliphatic imine (C=N–C) groups is 1. The zero-order valence-electron chi connectivity index (χ0n) is 15.7. The van der Waals surface area contributed by atoms with Gasteiger partial charge in [0.1, 0.15) is 5.70 Å². The largest absolute Gasteiger partial charge is 0.481 e. The molecule has 0 unspecified atom stereocenters. The Morgan fingerprint density at radius 2 is 1.82 bits per heavy atom. The summed E-state index contributed by atoms with van der Waals surface area (Å²) in [5.41, 5.74) is 2.99. The molecule has 0 radical (unpaired) electrons. The highest BCUT2D eigenvalue weighted by Gasteiger charge is 2.31. The molecule has 0 bridgehead atoms. The van der Waals surface area contributed by atoms with E-state index in [2.05, 4.69) is 4.99 Å². The molecule has 144 valence electrons. The molecule has 0 saturated heterocycles. The lowest BCUT2D eigenvalue weighted by Gasteiger charge is -2.17. The minimum absolute atomic E-state index is 0.00551. The van der Waals surface area contributed by atoms with Crippen molar-refractivity contribution in [3.63, 3.8) is 0 Å². The summed E-state index contributed by atoms with van der Waals surface area (Å²) in [5.74, 6) is -0.753. The number of rotatable bonds is 6. The van der Waals surface area contributed by atoms with E-state index in [-0.39, 0.29) is 12.3 Å². The average molecular weight is 395 g/mol. The van der Waals surface area contributed by atoms with Crippen LogP contribution in [-0.4, -0.2) is 42.0 Å². The van der Waals surface area contributed by atoms with Crippen LogP contribution in [0.4, 0.5) is 11.4 Å². The highest BCUT2D eigenvalue weighted by atomic mass is 32.2. The first-order valence-electron chi connectivity index (χ1n) is 8.77. The van der Waals surface area contributed by atoms with Crippen LogP contribution in [0.5, 0.6) is 0 Å². The summed E-state index contributed by atoms with van der Waals surface area (Å²) in [6.07, 6.45) is 1.76. The zero-order chi connectivity index (χ0) is 20.1. The number of hydrogen-bond acceptors (Lipinski definition) is 5. The second kappa shape index (κ2) is 8.75. The smallest absolute Gasteiger partial charge is 0.304 e. The van der Waals surface area contributed by atoms with Gasteiger partial charge in [-0.1, -0.05) is 42.1 Å². The number of para-hydroxylation sites is 1. The van der Waals surface area contributed by atoms with E-state index in [1.54, 1.807) is 6.08 Å². The van der Waals surface area contributed by atoms with Crippen LogP contribution in [0, 0.1) is 0 Å². The lowest BCUT2D eigenvalue weighted by molar-refractivity contribution is -0.136. The highest BCUT2D eigenvalue weighted by molar-refractivity contribution is 8.14. The Hall–Kier alpha value is -3.06. The third-order valence-electron chi connectivity index (χ3n) is 4.10. The molecule has 2 aromatic rings. The predicted octanol–water partition coefficient (Wildman–Crippen LogP) is 3.70. The van der Waals surface area contributed by atoms with Crippen LogP contribution in [0.1, 0.15) is 12.0 Å². The first-order valence-corrected chi connectivity index (χ1v) is 9.76. The van der Waals surface area contributed by atoms with E-state index in [0.29, 0.717) is 22.3 Å². The van der Waals surface area contributed by atoms with E-state index in [4.69, 9.17) is 5.11 Å². The molecule has 6 nitrogen and oxygen atoms in total. The standard InChI is InChI=1S/C21H21N3O3S/c1-23(2)16-10-8-15(9-11-16)14-18-20(27)24(17-6-4-3-5-7-17)21(22-18)28-13-12-19(25)26/h3-11,14H,12-13H2,1-2H3,(H,25,26)/b18-14-. The summed E-state index contributed by atoms with van der Waals surface area (Å²) in [4.78, 5) is 31.8. The van der Waals surface area contributed by atoms with Crippen molar-refractivity contribution in [1.29, 1.82) is 0 Å². The molecule has 28 heavy (non-hydrogen) atoms. The normalized spacial score (nSPS) is 15.1. The third-order valence-corrected chi connectivity index (χ3v) is 5.04. The Balaban J connectivity index is 1.89. The van der Waals surface area contributed by atoms with Gasteiger partial charge in [0.15, 0.2) is 5.17 Å². The van der Waals surface area contributed by atoms with Crippen molar-refractivity contribution < 1.29 is 14.7 Å². The molecule has 1 N–H and O–H groups in total. The molecular formula is C21H21N3O3S. The van der Waals surface area contributed by atoms with Crippen LogP contribution in [0.2, 0.25) is 0 Å². The number of nitrogens with zero attached hydrogens (tertiary/aromatic N) is 3. The minimum Gasteiger partial charge on any atom is -0.481 e. The van der Waals surface area contributed by atoms with Crippen molar-refractivity contribution in [1.82, 2.24) is 0 Å². The molecule has 1 heterocycles. The molecule has 2 aromatic carbocycles. The average Bonchev–Trinajstić information content (AvgIpc) is 2.98. The van der Waals surface area contributed by atoms with Crippen LogP contribution in [0.3, 0.4) is 0 Å². The number of amidine groups is 1. The van der Waals surface area contributed by atoms with E-state index in [1.807, 2.05) is 73.6 Å². The summed E-state index contributed by atoms with van der Waals surface area (Å²) in [6, 6.07) is 17.1. The maximum absolute atomic E-state index is 13.0. The number of carboxylic acid groups (broad SMARTS) is 1. The van der Waals surface area contributed by atoms with E-state index >= 15 is 0 Å². The summed E-state index contributed by atoms with van der Waals surface area (Å²) in [5, 5.41) is 9.38. The molecule has 3 rings (SSSR count). The zero-order valence-corrected chi connectivity index (χ0v) is 16.5. The molecule has 0 saturated carbocycles. The Morgan fingerprint density at radius 1 is 1.14 bits per heavy atom. The SMILES string of the molecule is CN(C)c1ccc(/C=C2\N=C(SCCC(=O)O)N(c3ccccc3)C2=O)cc1. The van der Waals surface area contributed by atoms with Gasteiger partial charge in [0, 0.05) is 25.5 Å². The number of hydrogen-bond donors (Lipinski definition) is 1. The van der Waals surface area contributed by atoms with Gasteiger partial charge in [-0.25, -0.2) is 4.99 Å². The second-order valence-corrected chi connectivity index (χ2v) is 7.44. The molecule has 0 fully saturated rings. The van der Waals surface area contributed by atoms with Crippen LogP contribution < -0.4 is 9.80 Å². The number of anilines is 2. The van der Waals surface area contributed by atoms with Crippen molar-refractivity contribution >= 4 is 46.3 Å². The van der Waals surface area contributed by atoms with Gasteiger partial charge >= 0.3 is 5.97 Å². The lowest BCUT2D eigenvalue weighted by Crippen LogP contribution is -2.30. The molecular weight excluding hydrogens is 374 g/mol. The van der Waals surface area contributed by atoms with Gasteiger partial charge < -0.3 is 10.0 Å². The number of amides is 1. The maximum Gasteiger partial charge on any atom is 0.304 e. The number of benzene rings is 2. The van der Waals surface area contributed by atoms with Crippen molar-refractivity contribution in [2.75, 3.05) is 29.6 Å². The Labute approximate surface area is 168 Å². The third kappa shape index (κ3) is 4.61. The molecule has 7 heteroatoms. The van der Waals surface area contributed by atoms with Gasteiger partial charge in [-0.3, -0.25) is 14.5 Å². The topological polar surface area (TPSA) is 73.2 Å². The fourth-order valence-corrected chi connectivity index (χ4v) is 3.59. The number of carboxylic acids is 1. The summed E-state index contributed by atoms with van der Waals surface area (Å²) < 4.78 is 0. The predicted molar refractivity (Wildman–Crippen MR) is 115 cm³/mol. The number of thioether (sulfide) groups is 1. The Kier molecular flexibility index (Phi) is 6.16. The van der Waals surface area contributed by atoms with Gasteiger partial charge in [-0.15, -0.1) is 0 Å². The molecule has 0 aromatic heterocycles.